The normalized spacial score (nSPS) is 27.8. The molecule has 156 valence electrons. The number of hydrogen-bond donors (Lipinski definition) is 2. The van der Waals surface area contributed by atoms with Crippen LogP contribution in [0, 0.1) is 11.8 Å². The zero-order valence-electron chi connectivity index (χ0n) is 16.8. The third-order valence-corrected chi connectivity index (χ3v) is 5.97. The van der Waals surface area contributed by atoms with Crippen LogP contribution in [0.2, 0.25) is 0 Å². The van der Waals surface area contributed by atoms with Crippen molar-refractivity contribution in [3.63, 3.8) is 0 Å². The first-order chi connectivity index (χ1) is 14.3. The van der Waals surface area contributed by atoms with E-state index in [9.17, 15) is 19.5 Å². The quantitative estimate of drug-likeness (QED) is 0.585. The summed E-state index contributed by atoms with van der Waals surface area (Å²) < 4.78 is 10.2. The topological polar surface area (TPSA) is 105 Å². The Balaban J connectivity index is 1.84. The number of fused-ring (bicyclic) bond motifs is 1. The highest BCUT2D eigenvalue weighted by molar-refractivity contribution is 6.24. The molecular weight excluding hydrogens is 388 g/mol. The number of aromatic hydroxyl groups is 1. The molecule has 2 unspecified atom stereocenters. The molecule has 0 aromatic heterocycles. The first-order valence-corrected chi connectivity index (χ1v) is 9.49. The number of amides is 2. The zero-order valence-corrected chi connectivity index (χ0v) is 16.8. The molecular formula is C22H22N2O6. The maximum atomic E-state index is 13.4. The number of para-hydroxylation sites is 1. The lowest BCUT2D eigenvalue weighted by molar-refractivity contribution is -0.151. The third kappa shape index (κ3) is 2.75. The average molecular weight is 410 g/mol. The van der Waals surface area contributed by atoms with Gasteiger partial charge in [0.2, 0.25) is 11.8 Å². The van der Waals surface area contributed by atoms with Crippen LogP contribution < -0.4 is 15.0 Å². The fourth-order valence-corrected chi connectivity index (χ4v) is 4.54. The Bertz CT molecular complexity index is 1020. The van der Waals surface area contributed by atoms with Gasteiger partial charge in [-0.2, -0.15) is 0 Å². The number of imide groups is 1. The predicted octanol–water partition coefficient (Wildman–Crippen LogP) is 1.78. The molecule has 2 fully saturated rings. The number of methoxy groups -OCH3 is 2. The lowest BCUT2D eigenvalue weighted by Crippen LogP contribution is -2.54. The monoisotopic (exact) mass is 410 g/mol. The number of anilines is 1. The number of carbonyl (C=O) groups is 3. The van der Waals surface area contributed by atoms with E-state index < -0.39 is 41.2 Å². The van der Waals surface area contributed by atoms with Crippen LogP contribution in [-0.4, -0.2) is 42.6 Å². The molecule has 30 heavy (non-hydrogen) atoms. The van der Waals surface area contributed by atoms with Crippen LogP contribution in [0.5, 0.6) is 11.5 Å². The van der Waals surface area contributed by atoms with Gasteiger partial charge in [-0.3, -0.25) is 19.7 Å². The largest absolute Gasteiger partial charge is 0.504 e. The van der Waals surface area contributed by atoms with Crippen LogP contribution in [0.4, 0.5) is 5.69 Å². The number of nitrogens with zero attached hydrogens (tertiary/aromatic N) is 1. The van der Waals surface area contributed by atoms with E-state index in [-0.39, 0.29) is 11.5 Å². The summed E-state index contributed by atoms with van der Waals surface area (Å²) in [5.74, 6) is -3.06. The second kappa shape index (κ2) is 7.14. The van der Waals surface area contributed by atoms with E-state index >= 15 is 0 Å². The highest BCUT2D eigenvalue weighted by atomic mass is 16.5. The van der Waals surface area contributed by atoms with E-state index in [1.54, 1.807) is 49.4 Å². The zero-order chi connectivity index (χ0) is 21.6. The number of ether oxygens (including phenoxy) is 2. The molecule has 8 heteroatoms. The molecule has 2 heterocycles. The van der Waals surface area contributed by atoms with Gasteiger partial charge in [-0.05, 0) is 36.8 Å². The van der Waals surface area contributed by atoms with Crippen LogP contribution in [0.25, 0.3) is 0 Å². The van der Waals surface area contributed by atoms with Crippen LogP contribution >= 0.6 is 0 Å². The van der Waals surface area contributed by atoms with Crippen molar-refractivity contribution in [2.24, 2.45) is 11.8 Å². The summed E-state index contributed by atoms with van der Waals surface area (Å²) in [4.78, 5) is 40.7. The molecule has 2 aliphatic rings. The third-order valence-electron chi connectivity index (χ3n) is 5.97. The van der Waals surface area contributed by atoms with Crippen LogP contribution in [-0.2, 0) is 19.1 Å². The minimum Gasteiger partial charge on any atom is -0.504 e. The SMILES string of the molecule is COC(=O)[C@]1(C)N[C@@H](c2ccc(O)c(OC)c2)C2C(=O)N(c3ccccc3)C(=O)C21. The molecule has 2 N–H and O–H groups in total. The van der Waals surface area contributed by atoms with Gasteiger partial charge < -0.3 is 14.6 Å². The number of hydrogen-bond acceptors (Lipinski definition) is 7. The number of rotatable bonds is 4. The van der Waals surface area contributed by atoms with E-state index in [0.29, 0.717) is 11.3 Å². The minimum absolute atomic E-state index is 0.0498. The lowest BCUT2D eigenvalue weighted by Gasteiger charge is -2.28. The summed E-state index contributed by atoms with van der Waals surface area (Å²) >= 11 is 0. The Kier molecular flexibility index (Phi) is 4.74. The molecule has 0 radical (unpaired) electrons. The summed E-state index contributed by atoms with van der Waals surface area (Å²) in [7, 11) is 2.67. The van der Waals surface area contributed by atoms with Crippen molar-refractivity contribution in [3.8, 4) is 11.5 Å². The molecule has 4 rings (SSSR count). The number of carbonyl (C=O) groups excluding carboxylic acids is 3. The molecule has 2 saturated heterocycles. The van der Waals surface area contributed by atoms with E-state index in [1.165, 1.54) is 20.3 Å². The standard InChI is InChI=1S/C22H22N2O6/c1-22(21(28)30-3)17-16(18(23-22)12-9-10-14(25)15(11-12)29-2)19(26)24(20(17)27)13-7-5-4-6-8-13/h4-11,16-18,23,25H,1-3H3/t16?,17?,18-,22+/m0/s1. The summed E-state index contributed by atoms with van der Waals surface area (Å²) in [6.07, 6.45) is 0. The van der Waals surface area contributed by atoms with Crippen molar-refractivity contribution < 1.29 is 29.0 Å². The average Bonchev–Trinajstić information content (AvgIpc) is 3.22. The van der Waals surface area contributed by atoms with E-state index in [4.69, 9.17) is 9.47 Å². The fraction of sp³-hybridized carbons (Fsp3) is 0.318. The smallest absolute Gasteiger partial charge is 0.326 e. The molecule has 0 bridgehead atoms. The summed E-state index contributed by atoms with van der Waals surface area (Å²) in [5.41, 5.74) is -0.328. The second-order valence-corrected chi connectivity index (χ2v) is 7.60. The molecule has 2 aliphatic heterocycles. The van der Waals surface area contributed by atoms with Crippen LogP contribution in [0.3, 0.4) is 0 Å². The first-order valence-electron chi connectivity index (χ1n) is 9.49. The molecule has 0 aliphatic carbocycles. The Hall–Kier alpha value is -3.39. The van der Waals surface area contributed by atoms with Gasteiger partial charge in [-0.25, -0.2) is 4.90 Å². The van der Waals surface area contributed by atoms with Crippen molar-refractivity contribution in [2.45, 2.75) is 18.5 Å². The first kappa shape index (κ1) is 19.9. The Morgan fingerprint density at radius 1 is 1.10 bits per heavy atom. The van der Waals surface area contributed by atoms with Gasteiger partial charge >= 0.3 is 5.97 Å². The fourth-order valence-electron chi connectivity index (χ4n) is 4.54. The minimum atomic E-state index is -1.40. The van der Waals surface area contributed by atoms with Gasteiger partial charge in [0.05, 0.1) is 31.7 Å². The number of phenolic OH excluding ortho intramolecular Hbond substituents is 1. The highest BCUT2D eigenvalue weighted by Crippen LogP contribution is 2.50. The maximum Gasteiger partial charge on any atom is 0.326 e. The number of nitrogens with one attached hydrogen (secondary N) is 1. The maximum absolute atomic E-state index is 13.4. The number of phenols is 1. The van der Waals surface area contributed by atoms with Crippen molar-refractivity contribution in [1.29, 1.82) is 0 Å². The Morgan fingerprint density at radius 2 is 1.80 bits per heavy atom. The van der Waals surface area contributed by atoms with Gasteiger partial charge in [0.1, 0.15) is 5.54 Å². The Labute approximate surface area is 173 Å². The molecule has 2 aromatic carbocycles. The van der Waals surface area contributed by atoms with Crippen molar-refractivity contribution >= 4 is 23.5 Å². The summed E-state index contributed by atoms with van der Waals surface area (Å²) in [6, 6.07) is 12.7. The summed E-state index contributed by atoms with van der Waals surface area (Å²) in [6.45, 7) is 1.58. The van der Waals surface area contributed by atoms with Crippen LogP contribution in [0.1, 0.15) is 18.5 Å². The predicted molar refractivity (Wildman–Crippen MR) is 107 cm³/mol. The van der Waals surface area contributed by atoms with Gasteiger partial charge in [0.25, 0.3) is 0 Å². The number of esters is 1. The molecule has 2 aromatic rings. The van der Waals surface area contributed by atoms with Crippen molar-refractivity contribution in [1.82, 2.24) is 5.32 Å². The van der Waals surface area contributed by atoms with Gasteiger partial charge in [-0.15, -0.1) is 0 Å². The van der Waals surface area contributed by atoms with E-state index in [2.05, 4.69) is 5.32 Å². The highest BCUT2D eigenvalue weighted by Gasteiger charge is 2.67. The summed E-state index contributed by atoms with van der Waals surface area (Å²) in [5, 5.41) is 13.1. The van der Waals surface area contributed by atoms with E-state index in [1.807, 2.05) is 0 Å². The van der Waals surface area contributed by atoms with Crippen molar-refractivity contribution in [2.75, 3.05) is 19.1 Å². The molecule has 0 spiro atoms. The molecule has 0 saturated carbocycles. The van der Waals surface area contributed by atoms with Gasteiger partial charge in [0.15, 0.2) is 11.5 Å². The van der Waals surface area contributed by atoms with Gasteiger partial charge in [0, 0.05) is 6.04 Å². The number of benzene rings is 2. The van der Waals surface area contributed by atoms with E-state index in [0.717, 1.165) is 4.90 Å². The second-order valence-electron chi connectivity index (χ2n) is 7.60. The lowest BCUT2D eigenvalue weighted by atomic mass is 9.80. The Morgan fingerprint density at radius 3 is 2.43 bits per heavy atom. The van der Waals surface area contributed by atoms with Crippen molar-refractivity contribution in [3.05, 3.63) is 54.1 Å². The van der Waals surface area contributed by atoms with Gasteiger partial charge in [-0.1, -0.05) is 24.3 Å². The molecule has 4 atom stereocenters. The van der Waals surface area contributed by atoms with Crippen LogP contribution in [0.15, 0.2) is 48.5 Å². The molecule has 8 nitrogen and oxygen atoms in total. The molecule has 2 amide bonds.